The number of aryl methyl sites for hydroxylation is 1. The number of aliphatic hydroxyl groups excluding tert-OH is 1. The number of hydrogen-bond donors (Lipinski definition) is 1. The van der Waals surface area contributed by atoms with E-state index >= 15 is 0 Å². The summed E-state index contributed by atoms with van der Waals surface area (Å²) < 4.78 is 0. The van der Waals surface area contributed by atoms with Crippen molar-refractivity contribution in [3.8, 4) is 0 Å². The first-order valence-corrected chi connectivity index (χ1v) is 9.09. The molecule has 1 saturated heterocycles. The zero-order valence-corrected chi connectivity index (χ0v) is 15.0. The van der Waals surface area contributed by atoms with Crippen LogP contribution in [0.15, 0.2) is 42.0 Å². The van der Waals surface area contributed by atoms with Gasteiger partial charge in [-0.2, -0.15) is 0 Å². The summed E-state index contributed by atoms with van der Waals surface area (Å²) >= 11 is 0. The highest BCUT2D eigenvalue weighted by Gasteiger charge is 2.22. The lowest BCUT2D eigenvalue weighted by molar-refractivity contribution is 0.282. The van der Waals surface area contributed by atoms with Crippen LogP contribution >= 0.6 is 0 Å². The van der Waals surface area contributed by atoms with Gasteiger partial charge in [-0.25, -0.2) is 0 Å². The van der Waals surface area contributed by atoms with E-state index in [4.69, 9.17) is 0 Å². The number of hydrogen-bond acceptors (Lipinski definition) is 2. The minimum atomic E-state index is 0.0863. The van der Waals surface area contributed by atoms with Gasteiger partial charge in [0.1, 0.15) is 0 Å². The monoisotopic (exact) mass is 331 g/mol. The number of likely N-dealkylation sites (tertiary alicyclic amines) is 1. The summed E-state index contributed by atoms with van der Waals surface area (Å²) in [7, 11) is 2.20. The molecule has 25 heavy (non-hydrogen) atoms. The van der Waals surface area contributed by atoms with Crippen molar-refractivity contribution in [2.24, 2.45) is 0 Å². The minimum absolute atomic E-state index is 0.0863. The first-order chi connectivity index (χ1) is 12.2. The second-order valence-electron chi connectivity index (χ2n) is 7.29. The average molecular weight is 331 g/mol. The van der Waals surface area contributed by atoms with E-state index in [2.05, 4.69) is 61.4 Å². The normalized spacial score (nSPS) is 17.2. The Bertz CT molecular complexity index is 866. The lowest BCUT2D eigenvalue weighted by Crippen LogP contribution is -2.27. The molecule has 1 N–H and O–H groups in total. The number of piperidine rings is 1. The Morgan fingerprint density at radius 3 is 2.24 bits per heavy atom. The van der Waals surface area contributed by atoms with Crippen molar-refractivity contribution in [3.05, 3.63) is 75.4 Å². The molecular formula is C23H25NO. The lowest BCUT2D eigenvalue weighted by Gasteiger charge is -2.27. The van der Waals surface area contributed by atoms with Gasteiger partial charge in [-0.3, -0.25) is 0 Å². The Balaban J connectivity index is 1.98. The van der Waals surface area contributed by atoms with Crippen LogP contribution in [-0.4, -0.2) is 30.1 Å². The molecule has 1 aliphatic carbocycles. The molecule has 128 valence electrons. The summed E-state index contributed by atoms with van der Waals surface area (Å²) in [5.74, 6) is 0. The number of aliphatic hydroxyl groups is 1. The van der Waals surface area contributed by atoms with E-state index in [1.165, 1.54) is 33.4 Å². The van der Waals surface area contributed by atoms with Crippen LogP contribution in [0.2, 0.25) is 0 Å². The third-order valence-electron chi connectivity index (χ3n) is 5.43. The molecule has 0 aromatic heterocycles. The van der Waals surface area contributed by atoms with Gasteiger partial charge in [0.2, 0.25) is 0 Å². The summed E-state index contributed by atoms with van der Waals surface area (Å²) in [6.45, 7) is 4.48. The second kappa shape index (κ2) is 6.62. The zero-order valence-electron chi connectivity index (χ0n) is 15.0. The molecule has 1 aliphatic heterocycles. The van der Waals surface area contributed by atoms with Crippen LogP contribution in [0.3, 0.4) is 0 Å². The zero-order chi connectivity index (χ0) is 17.4. The fraction of sp³-hybridized carbons (Fsp3) is 0.304. The highest BCUT2D eigenvalue weighted by molar-refractivity contribution is 5.95. The third kappa shape index (κ3) is 3.08. The summed E-state index contributed by atoms with van der Waals surface area (Å²) in [6, 6.07) is 13.1. The molecule has 0 spiro atoms. The van der Waals surface area contributed by atoms with Crippen molar-refractivity contribution in [1.29, 1.82) is 0 Å². The molecular weight excluding hydrogens is 306 g/mol. The van der Waals surface area contributed by atoms with Crippen LogP contribution in [0.5, 0.6) is 0 Å². The van der Waals surface area contributed by atoms with Gasteiger partial charge in [0.15, 0.2) is 0 Å². The number of fused-ring (bicyclic) bond motifs is 2. The topological polar surface area (TPSA) is 23.5 Å². The van der Waals surface area contributed by atoms with Crippen LogP contribution in [0.4, 0.5) is 0 Å². The van der Waals surface area contributed by atoms with Crippen molar-refractivity contribution in [2.75, 3.05) is 20.1 Å². The molecule has 2 aromatic rings. The predicted molar refractivity (Wildman–Crippen MR) is 105 cm³/mol. The van der Waals surface area contributed by atoms with E-state index in [0.717, 1.165) is 31.5 Å². The maximum absolute atomic E-state index is 9.64. The van der Waals surface area contributed by atoms with Gasteiger partial charge in [0, 0.05) is 13.1 Å². The molecule has 1 fully saturated rings. The molecule has 0 unspecified atom stereocenters. The Morgan fingerprint density at radius 1 is 0.920 bits per heavy atom. The SMILES string of the molecule is Cc1ccc2c(c1)C(=C1CCN(C)CC1)c1cc(CO)ccc1C=C2. The quantitative estimate of drug-likeness (QED) is 0.710. The maximum Gasteiger partial charge on any atom is 0.0682 e. The highest BCUT2D eigenvalue weighted by Crippen LogP contribution is 2.39. The predicted octanol–water partition coefficient (Wildman–Crippen LogP) is 4.50. The molecule has 2 heteroatoms. The maximum atomic E-state index is 9.64. The van der Waals surface area contributed by atoms with E-state index in [-0.39, 0.29) is 6.61 Å². The Hall–Kier alpha value is -2.16. The first kappa shape index (κ1) is 16.3. The molecule has 0 bridgehead atoms. The number of benzene rings is 2. The second-order valence-corrected chi connectivity index (χ2v) is 7.29. The lowest BCUT2D eigenvalue weighted by atomic mass is 9.85. The molecule has 2 aromatic carbocycles. The van der Waals surface area contributed by atoms with Crippen LogP contribution in [0, 0.1) is 6.92 Å². The van der Waals surface area contributed by atoms with Crippen LogP contribution in [-0.2, 0) is 6.61 Å². The van der Waals surface area contributed by atoms with Crippen molar-refractivity contribution < 1.29 is 5.11 Å². The van der Waals surface area contributed by atoms with Crippen molar-refractivity contribution in [1.82, 2.24) is 4.90 Å². The largest absolute Gasteiger partial charge is 0.392 e. The fourth-order valence-corrected chi connectivity index (χ4v) is 3.94. The van der Waals surface area contributed by atoms with Crippen molar-refractivity contribution in [2.45, 2.75) is 26.4 Å². The van der Waals surface area contributed by atoms with Gasteiger partial charge in [-0.1, -0.05) is 53.6 Å². The summed E-state index contributed by atoms with van der Waals surface area (Å²) in [4.78, 5) is 2.40. The number of rotatable bonds is 1. The molecule has 2 aliphatic rings. The van der Waals surface area contributed by atoms with Gasteiger partial charge >= 0.3 is 0 Å². The summed E-state index contributed by atoms with van der Waals surface area (Å²) in [5, 5.41) is 9.64. The minimum Gasteiger partial charge on any atom is -0.392 e. The molecule has 2 nitrogen and oxygen atoms in total. The Labute approximate surface area is 150 Å². The van der Waals surface area contributed by atoms with Gasteiger partial charge in [-0.15, -0.1) is 0 Å². The molecule has 0 saturated carbocycles. The van der Waals surface area contributed by atoms with Crippen LogP contribution < -0.4 is 0 Å². The molecule has 4 rings (SSSR count). The summed E-state index contributed by atoms with van der Waals surface area (Å²) in [6.07, 6.45) is 6.67. The van der Waals surface area contributed by atoms with Crippen molar-refractivity contribution >= 4 is 17.7 Å². The van der Waals surface area contributed by atoms with Crippen molar-refractivity contribution in [3.63, 3.8) is 0 Å². The number of nitrogens with zero attached hydrogens (tertiary/aromatic N) is 1. The smallest absolute Gasteiger partial charge is 0.0682 e. The molecule has 0 amide bonds. The fourth-order valence-electron chi connectivity index (χ4n) is 3.94. The Kier molecular flexibility index (Phi) is 4.32. The molecule has 1 heterocycles. The highest BCUT2D eigenvalue weighted by atomic mass is 16.3. The molecule has 0 atom stereocenters. The van der Waals surface area contributed by atoms with Gasteiger partial charge in [0.25, 0.3) is 0 Å². The van der Waals surface area contributed by atoms with E-state index < -0.39 is 0 Å². The van der Waals surface area contributed by atoms with E-state index in [0.29, 0.717) is 0 Å². The van der Waals surface area contributed by atoms with Gasteiger partial charge < -0.3 is 10.0 Å². The van der Waals surface area contributed by atoms with Gasteiger partial charge in [0.05, 0.1) is 6.61 Å². The van der Waals surface area contributed by atoms with Crippen LogP contribution in [0.25, 0.3) is 17.7 Å². The average Bonchev–Trinajstić information content (AvgIpc) is 2.78. The van der Waals surface area contributed by atoms with E-state index in [1.807, 2.05) is 6.07 Å². The molecule has 0 radical (unpaired) electrons. The summed E-state index contributed by atoms with van der Waals surface area (Å²) in [5.41, 5.74) is 10.3. The third-order valence-corrected chi connectivity index (χ3v) is 5.43. The van der Waals surface area contributed by atoms with Gasteiger partial charge in [-0.05, 0) is 66.3 Å². The van der Waals surface area contributed by atoms with Crippen LogP contribution in [0.1, 0.15) is 46.2 Å². The van der Waals surface area contributed by atoms with E-state index in [1.54, 1.807) is 5.57 Å². The first-order valence-electron chi connectivity index (χ1n) is 9.09. The standard InChI is InChI=1S/C23H25NO/c1-16-3-5-18-7-8-19-6-4-17(15-25)14-22(19)23(21(18)13-16)20-9-11-24(2)12-10-20/h3-8,13-14,25H,9-12,15H2,1-2H3. The van der Waals surface area contributed by atoms with E-state index in [9.17, 15) is 5.11 Å². The Morgan fingerprint density at radius 2 is 1.56 bits per heavy atom.